The fourth-order valence-corrected chi connectivity index (χ4v) is 4.48. The molecule has 1 atom stereocenters. The summed E-state index contributed by atoms with van der Waals surface area (Å²) in [6.07, 6.45) is 3.74. The van der Waals surface area contributed by atoms with Gasteiger partial charge in [0.15, 0.2) is 5.82 Å². The molecule has 3 heterocycles. The van der Waals surface area contributed by atoms with E-state index >= 15 is 0 Å². The molecular weight excluding hydrogens is 356 g/mol. The third kappa shape index (κ3) is 3.97. The minimum atomic E-state index is -3.38. The number of sulfonamides is 1. The Hall–Kier alpha value is -1.78. The first kappa shape index (κ1) is 19.0. The van der Waals surface area contributed by atoms with Crippen molar-refractivity contribution in [3.63, 3.8) is 0 Å². The van der Waals surface area contributed by atoms with Gasteiger partial charge in [-0.2, -0.15) is 14.4 Å². The van der Waals surface area contributed by atoms with Gasteiger partial charge in [-0.05, 0) is 27.2 Å². The molecule has 3 rings (SSSR count). The molecule has 0 amide bonds. The van der Waals surface area contributed by atoms with Gasteiger partial charge < -0.3 is 4.52 Å². The van der Waals surface area contributed by atoms with Crippen LogP contribution in [-0.4, -0.2) is 63.4 Å². The first-order valence-electron chi connectivity index (χ1n) is 8.80. The smallest absolute Gasteiger partial charge is 0.245 e. The van der Waals surface area contributed by atoms with E-state index in [0.29, 0.717) is 31.2 Å². The van der Waals surface area contributed by atoms with E-state index in [2.05, 4.69) is 34.0 Å². The molecule has 10 heteroatoms. The number of nitrogens with zero attached hydrogens (tertiary/aromatic N) is 6. The summed E-state index contributed by atoms with van der Waals surface area (Å²) in [7, 11) is -3.38. The Bertz CT molecular complexity index is 859. The number of hydrogen-bond acceptors (Lipinski definition) is 7. The monoisotopic (exact) mass is 382 g/mol. The van der Waals surface area contributed by atoms with Gasteiger partial charge in [0.25, 0.3) is 0 Å². The van der Waals surface area contributed by atoms with E-state index in [1.54, 1.807) is 6.92 Å². The largest absolute Gasteiger partial charge is 0.338 e. The van der Waals surface area contributed by atoms with Crippen LogP contribution in [0.2, 0.25) is 0 Å². The summed E-state index contributed by atoms with van der Waals surface area (Å²) in [5.74, 6) is 0.877. The van der Waals surface area contributed by atoms with Crippen LogP contribution in [0.3, 0.4) is 0 Å². The van der Waals surface area contributed by atoms with Crippen molar-refractivity contribution in [1.29, 1.82) is 0 Å². The second-order valence-corrected chi connectivity index (χ2v) is 8.64. The molecule has 1 aliphatic rings. The quantitative estimate of drug-likeness (QED) is 0.764. The van der Waals surface area contributed by atoms with Gasteiger partial charge in [-0.25, -0.2) is 8.42 Å². The molecule has 26 heavy (non-hydrogen) atoms. The first-order valence-corrected chi connectivity index (χ1v) is 10.6. The Labute approximate surface area is 154 Å². The van der Waals surface area contributed by atoms with E-state index in [4.69, 9.17) is 4.52 Å². The Kier molecular flexibility index (Phi) is 5.44. The number of hydrogen-bond donors (Lipinski definition) is 0. The summed E-state index contributed by atoms with van der Waals surface area (Å²) < 4.78 is 33.3. The summed E-state index contributed by atoms with van der Waals surface area (Å²) in [6.45, 7) is 9.24. The van der Waals surface area contributed by atoms with Crippen LogP contribution in [0.15, 0.2) is 10.7 Å². The first-order chi connectivity index (χ1) is 12.3. The minimum Gasteiger partial charge on any atom is -0.338 e. The molecule has 0 radical (unpaired) electrons. The van der Waals surface area contributed by atoms with E-state index in [1.807, 2.05) is 10.9 Å². The zero-order valence-electron chi connectivity index (χ0n) is 15.7. The number of aryl methyl sites for hydroxylation is 2. The van der Waals surface area contributed by atoms with Crippen molar-refractivity contribution >= 4 is 10.0 Å². The standard InChI is InChI=1S/C16H26N6O3S/c1-5-21-12(2)14(10-17-21)11-20-7-6-15(16-18-13(3)19-25-16)22(9-8-20)26(4,23)24/h10,15H,5-9,11H2,1-4H3. The Balaban J connectivity index is 1.79. The Morgan fingerprint density at radius 3 is 2.62 bits per heavy atom. The Morgan fingerprint density at radius 2 is 2.04 bits per heavy atom. The number of rotatable bonds is 5. The van der Waals surface area contributed by atoms with Gasteiger partial charge in [-0.1, -0.05) is 5.16 Å². The highest BCUT2D eigenvalue weighted by Gasteiger charge is 2.35. The minimum absolute atomic E-state index is 0.366. The molecule has 0 N–H and O–H groups in total. The van der Waals surface area contributed by atoms with Gasteiger partial charge in [0.2, 0.25) is 15.9 Å². The maximum atomic E-state index is 12.3. The van der Waals surface area contributed by atoms with E-state index in [-0.39, 0.29) is 0 Å². The van der Waals surface area contributed by atoms with Crippen molar-refractivity contribution < 1.29 is 12.9 Å². The molecule has 9 nitrogen and oxygen atoms in total. The van der Waals surface area contributed by atoms with E-state index < -0.39 is 16.1 Å². The van der Waals surface area contributed by atoms with Crippen molar-refractivity contribution in [1.82, 2.24) is 29.1 Å². The van der Waals surface area contributed by atoms with Gasteiger partial charge in [0.1, 0.15) is 6.04 Å². The molecular formula is C16H26N6O3S. The maximum absolute atomic E-state index is 12.3. The van der Waals surface area contributed by atoms with Crippen LogP contribution < -0.4 is 0 Å². The molecule has 0 aliphatic carbocycles. The van der Waals surface area contributed by atoms with E-state index in [9.17, 15) is 8.42 Å². The molecule has 0 bridgehead atoms. The highest BCUT2D eigenvalue weighted by atomic mass is 32.2. The van der Waals surface area contributed by atoms with Gasteiger partial charge in [-0.3, -0.25) is 9.58 Å². The van der Waals surface area contributed by atoms with Gasteiger partial charge >= 0.3 is 0 Å². The molecule has 1 fully saturated rings. The van der Waals surface area contributed by atoms with E-state index in [0.717, 1.165) is 25.3 Å². The van der Waals surface area contributed by atoms with Gasteiger partial charge in [0, 0.05) is 44.0 Å². The third-order valence-corrected chi connectivity index (χ3v) is 6.14. The predicted octanol–water partition coefficient (Wildman–Crippen LogP) is 1.11. The highest BCUT2D eigenvalue weighted by Crippen LogP contribution is 2.28. The molecule has 0 aromatic carbocycles. The third-order valence-electron chi connectivity index (χ3n) is 4.86. The van der Waals surface area contributed by atoms with E-state index in [1.165, 1.54) is 16.1 Å². The zero-order valence-corrected chi connectivity index (χ0v) is 16.5. The molecule has 0 spiro atoms. The lowest BCUT2D eigenvalue weighted by Crippen LogP contribution is -2.36. The highest BCUT2D eigenvalue weighted by molar-refractivity contribution is 7.88. The molecule has 1 saturated heterocycles. The van der Waals surface area contributed by atoms with Crippen LogP contribution in [0.25, 0.3) is 0 Å². The van der Waals surface area contributed by atoms with Crippen LogP contribution in [0.5, 0.6) is 0 Å². The predicted molar refractivity (Wildman–Crippen MR) is 95.9 cm³/mol. The zero-order chi connectivity index (χ0) is 18.9. The Morgan fingerprint density at radius 1 is 1.27 bits per heavy atom. The fraction of sp³-hybridized carbons (Fsp3) is 0.688. The fourth-order valence-electron chi connectivity index (χ4n) is 3.41. The van der Waals surface area contributed by atoms with Crippen LogP contribution in [0.4, 0.5) is 0 Å². The second-order valence-electron chi connectivity index (χ2n) is 6.71. The van der Waals surface area contributed by atoms with Crippen molar-refractivity contribution in [2.75, 3.05) is 25.9 Å². The molecule has 2 aromatic heterocycles. The summed E-state index contributed by atoms with van der Waals surface area (Å²) in [5.41, 5.74) is 2.32. The maximum Gasteiger partial charge on any atom is 0.245 e. The normalized spacial score (nSPS) is 20.4. The van der Waals surface area contributed by atoms with Crippen molar-refractivity contribution in [3.05, 3.63) is 29.2 Å². The summed E-state index contributed by atoms with van der Waals surface area (Å²) in [6, 6.07) is -0.421. The second kappa shape index (κ2) is 7.45. The van der Waals surface area contributed by atoms with Crippen LogP contribution in [-0.2, 0) is 23.1 Å². The average molecular weight is 382 g/mol. The van der Waals surface area contributed by atoms with Crippen LogP contribution in [0, 0.1) is 13.8 Å². The lowest BCUT2D eigenvalue weighted by molar-refractivity contribution is 0.257. The summed E-state index contributed by atoms with van der Waals surface area (Å²) >= 11 is 0. The summed E-state index contributed by atoms with van der Waals surface area (Å²) in [4.78, 5) is 6.52. The number of aromatic nitrogens is 4. The molecule has 1 unspecified atom stereocenters. The molecule has 2 aromatic rings. The van der Waals surface area contributed by atoms with Gasteiger partial charge in [0.05, 0.1) is 12.5 Å². The average Bonchev–Trinajstić information content (AvgIpc) is 3.07. The van der Waals surface area contributed by atoms with Crippen molar-refractivity contribution in [2.24, 2.45) is 0 Å². The van der Waals surface area contributed by atoms with Gasteiger partial charge in [-0.15, -0.1) is 0 Å². The molecule has 1 aliphatic heterocycles. The summed E-state index contributed by atoms with van der Waals surface area (Å²) in [5, 5.41) is 8.21. The van der Waals surface area contributed by atoms with Crippen molar-refractivity contribution in [3.8, 4) is 0 Å². The lowest BCUT2D eigenvalue weighted by Gasteiger charge is -2.24. The van der Waals surface area contributed by atoms with Crippen LogP contribution >= 0.6 is 0 Å². The molecule has 144 valence electrons. The molecule has 0 saturated carbocycles. The van der Waals surface area contributed by atoms with Crippen molar-refractivity contribution in [2.45, 2.75) is 46.3 Å². The lowest BCUT2D eigenvalue weighted by atomic mass is 10.2. The van der Waals surface area contributed by atoms with Crippen LogP contribution in [0.1, 0.15) is 42.4 Å². The topological polar surface area (TPSA) is 97.4 Å². The SMILES string of the molecule is CCn1ncc(CN2CCC(c3nc(C)no3)N(S(C)(=O)=O)CC2)c1C.